The van der Waals surface area contributed by atoms with E-state index >= 15 is 0 Å². The Labute approximate surface area is 105 Å². The molecule has 2 aromatic rings. The molecule has 2 rings (SSSR count). The monoisotopic (exact) mass is 252 g/mol. The molecule has 1 atom stereocenters. The van der Waals surface area contributed by atoms with Crippen molar-refractivity contribution in [2.24, 2.45) is 11.8 Å². The average Bonchev–Trinajstić information content (AvgIpc) is 2.55. The van der Waals surface area contributed by atoms with Gasteiger partial charge in [-0.1, -0.05) is 20.8 Å². The van der Waals surface area contributed by atoms with Crippen LogP contribution in [-0.4, -0.2) is 9.55 Å². The van der Waals surface area contributed by atoms with E-state index in [0.717, 1.165) is 17.6 Å². The largest absolute Gasteiger partial charge is 0.331 e. The number of imidazole rings is 1. The van der Waals surface area contributed by atoms with Crippen LogP contribution in [0.2, 0.25) is 0 Å². The Balaban J connectivity index is 2.49. The summed E-state index contributed by atoms with van der Waals surface area (Å²) in [7, 11) is 0. The van der Waals surface area contributed by atoms with E-state index in [-0.39, 0.29) is 5.82 Å². The molecule has 0 saturated carbocycles. The minimum Gasteiger partial charge on any atom is -0.331 e. The second kappa shape index (κ2) is 4.61. The lowest BCUT2D eigenvalue weighted by Crippen LogP contribution is -2.13. The van der Waals surface area contributed by atoms with Gasteiger partial charge < -0.3 is 9.55 Å². The smallest absolute Gasteiger partial charge is 0.178 e. The van der Waals surface area contributed by atoms with E-state index in [1.165, 1.54) is 12.1 Å². The van der Waals surface area contributed by atoms with E-state index in [2.05, 4.69) is 25.8 Å². The highest BCUT2D eigenvalue weighted by molar-refractivity contribution is 7.71. The van der Waals surface area contributed by atoms with Gasteiger partial charge in [0.05, 0.1) is 11.0 Å². The molecule has 1 N–H and O–H groups in total. The molecule has 0 aliphatic heterocycles. The van der Waals surface area contributed by atoms with E-state index in [4.69, 9.17) is 12.2 Å². The van der Waals surface area contributed by atoms with Crippen LogP contribution < -0.4 is 0 Å². The van der Waals surface area contributed by atoms with Crippen molar-refractivity contribution in [3.8, 4) is 0 Å². The molecule has 1 aromatic carbocycles. The van der Waals surface area contributed by atoms with Gasteiger partial charge in [0.2, 0.25) is 0 Å². The molecule has 0 amide bonds. The van der Waals surface area contributed by atoms with Crippen molar-refractivity contribution in [1.82, 2.24) is 9.55 Å². The predicted molar refractivity (Wildman–Crippen MR) is 71.1 cm³/mol. The number of aromatic nitrogens is 2. The fourth-order valence-electron chi connectivity index (χ4n) is 1.81. The van der Waals surface area contributed by atoms with Gasteiger partial charge in [-0.25, -0.2) is 4.39 Å². The van der Waals surface area contributed by atoms with Crippen molar-refractivity contribution >= 4 is 23.3 Å². The standard InChI is InChI=1S/C13H17FN2S/c1-8(2)9(3)7-16-12-6-10(14)4-5-11(12)15-13(16)17/h4-6,8-9H,7H2,1-3H3,(H,15,17). The van der Waals surface area contributed by atoms with Gasteiger partial charge in [0.1, 0.15) is 5.82 Å². The zero-order chi connectivity index (χ0) is 12.6. The zero-order valence-corrected chi connectivity index (χ0v) is 11.1. The molecule has 0 aliphatic rings. The number of H-pyrrole nitrogens is 1. The van der Waals surface area contributed by atoms with Crippen LogP contribution >= 0.6 is 12.2 Å². The summed E-state index contributed by atoms with van der Waals surface area (Å²) >= 11 is 5.29. The number of aromatic amines is 1. The van der Waals surface area contributed by atoms with Crippen molar-refractivity contribution in [1.29, 1.82) is 0 Å². The molecule has 92 valence electrons. The summed E-state index contributed by atoms with van der Waals surface area (Å²) in [6, 6.07) is 4.72. The number of hydrogen-bond donors (Lipinski definition) is 1. The van der Waals surface area contributed by atoms with Crippen LogP contribution in [0.3, 0.4) is 0 Å². The molecular weight excluding hydrogens is 235 g/mol. The molecule has 4 heteroatoms. The van der Waals surface area contributed by atoms with Crippen molar-refractivity contribution in [3.63, 3.8) is 0 Å². The SMILES string of the molecule is CC(C)C(C)Cn1c(=S)[nH]c2ccc(F)cc21. The summed E-state index contributed by atoms with van der Waals surface area (Å²) in [5.41, 5.74) is 1.75. The summed E-state index contributed by atoms with van der Waals surface area (Å²) < 4.78 is 15.9. The molecular formula is C13H17FN2S. The molecule has 0 aliphatic carbocycles. The first kappa shape index (κ1) is 12.3. The molecule has 0 radical (unpaired) electrons. The van der Waals surface area contributed by atoms with Crippen LogP contribution in [0.25, 0.3) is 11.0 Å². The highest BCUT2D eigenvalue weighted by atomic mass is 32.1. The average molecular weight is 252 g/mol. The second-order valence-corrected chi connectivity index (χ2v) is 5.31. The van der Waals surface area contributed by atoms with Crippen LogP contribution in [-0.2, 0) is 6.54 Å². The van der Waals surface area contributed by atoms with Crippen molar-refractivity contribution in [3.05, 3.63) is 28.8 Å². The number of benzene rings is 1. The molecule has 1 heterocycles. The van der Waals surface area contributed by atoms with Gasteiger partial charge in [-0.3, -0.25) is 0 Å². The Morgan fingerprint density at radius 2 is 2.06 bits per heavy atom. The van der Waals surface area contributed by atoms with Gasteiger partial charge in [0.15, 0.2) is 4.77 Å². The molecule has 1 unspecified atom stereocenters. The van der Waals surface area contributed by atoms with E-state index in [9.17, 15) is 4.39 Å². The second-order valence-electron chi connectivity index (χ2n) is 4.92. The Morgan fingerprint density at radius 3 is 2.71 bits per heavy atom. The number of fused-ring (bicyclic) bond motifs is 1. The Bertz CT molecular complexity index is 583. The summed E-state index contributed by atoms with van der Waals surface area (Å²) in [6.45, 7) is 7.37. The lowest BCUT2D eigenvalue weighted by molar-refractivity contribution is 0.367. The first-order valence-corrected chi connectivity index (χ1v) is 6.28. The topological polar surface area (TPSA) is 20.7 Å². The van der Waals surface area contributed by atoms with Crippen LogP contribution in [0.5, 0.6) is 0 Å². The normalized spacial score (nSPS) is 13.5. The number of halogens is 1. The maximum Gasteiger partial charge on any atom is 0.178 e. The van der Waals surface area contributed by atoms with Crippen LogP contribution in [0, 0.1) is 22.4 Å². The van der Waals surface area contributed by atoms with Gasteiger partial charge in [0.25, 0.3) is 0 Å². The zero-order valence-electron chi connectivity index (χ0n) is 10.3. The fourth-order valence-corrected chi connectivity index (χ4v) is 2.09. The molecule has 0 saturated heterocycles. The minimum atomic E-state index is -0.225. The number of hydrogen-bond acceptors (Lipinski definition) is 1. The van der Waals surface area contributed by atoms with E-state index in [1.54, 1.807) is 6.07 Å². The molecule has 0 spiro atoms. The maximum atomic E-state index is 13.3. The molecule has 0 bridgehead atoms. The first-order chi connectivity index (χ1) is 7.99. The highest BCUT2D eigenvalue weighted by Crippen LogP contribution is 2.19. The van der Waals surface area contributed by atoms with Gasteiger partial charge in [-0.15, -0.1) is 0 Å². The van der Waals surface area contributed by atoms with Crippen LogP contribution in [0.1, 0.15) is 20.8 Å². The lowest BCUT2D eigenvalue weighted by atomic mass is 9.98. The number of rotatable bonds is 3. The molecule has 1 aromatic heterocycles. The van der Waals surface area contributed by atoms with Gasteiger partial charge in [-0.2, -0.15) is 0 Å². The van der Waals surface area contributed by atoms with Crippen molar-refractivity contribution in [2.75, 3.05) is 0 Å². The highest BCUT2D eigenvalue weighted by Gasteiger charge is 2.11. The summed E-state index contributed by atoms with van der Waals surface area (Å²) in [5.74, 6) is 0.858. The number of nitrogens with one attached hydrogen (secondary N) is 1. The maximum absolute atomic E-state index is 13.3. The van der Waals surface area contributed by atoms with Crippen molar-refractivity contribution in [2.45, 2.75) is 27.3 Å². The van der Waals surface area contributed by atoms with Gasteiger partial charge in [-0.05, 0) is 42.3 Å². The summed E-state index contributed by atoms with van der Waals surface area (Å²) in [4.78, 5) is 3.11. The lowest BCUT2D eigenvalue weighted by Gasteiger charge is -2.16. The Kier molecular flexibility index (Phi) is 3.33. The minimum absolute atomic E-state index is 0.225. The van der Waals surface area contributed by atoms with E-state index in [0.29, 0.717) is 16.6 Å². The number of nitrogens with zero attached hydrogens (tertiary/aromatic N) is 1. The van der Waals surface area contributed by atoms with E-state index in [1.807, 2.05) is 4.57 Å². The third kappa shape index (κ3) is 2.41. The van der Waals surface area contributed by atoms with Crippen molar-refractivity contribution < 1.29 is 4.39 Å². The van der Waals surface area contributed by atoms with E-state index < -0.39 is 0 Å². The van der Waals surface area contributed by atoms with Crippen LogP contribution in [0.15, 0.2) is 18.2 Å². The van der Waals surface area contributed by atoms with Gasteiger partial charge >= 0.3 is 0 Å². The predicted octanol–water partition coefficient (Wildman–Crippen LogP) is 4.13. The Morgan fingerprint density at radius 1 is 1.35 bits per heavy atom. The first-order valence-electron chi connectivity index (χ1n) is 5.87. The van der Waals surface area contributed by atoms with Crippen LogP contribution in [0.4, 0.5) is 4.39 Å². The fraction of sp³-hybridized carbons (Fsp3) is 0.462. The molecule has 17 heavy (non-hydrogen) atoms. The third-order valence-corrected chi connectivity index (χ3v) is 3.67. The Hall–Kier alpha value is -1.16. The molecule has 2 nitrogen and oxygen atoms in total. The summed E-state index contributed by atoms with van der Waals surface area (Å²) in [5, 5.41) is 0. The summed E-state index contributed by atoms with van der Waals surface area (Å²) in [6.07, 6.45) is 0. The third-order valence-electron chi connectivity index (χ3n) is 3.35. The quantitative estimate of drug-likeness (QED) is 0.815. The molecule has 0 fully saturated rings. The van der Waals surface area contributed by atoms with Gasteiger partial charge in [0, 0.05) is 6.54 Å².